The Morgan fingerprint density at radius 3 is 2.59 bits per heavy atom. The Kier molecular flexibility index (Phi) is 4.42. The van der Waals surface area contributed by atoms with Gasteiger partial charge in [0.2, 0.25) is 0 Å². The highest BCUT2D eigenvalue weighted by atomic mass is 16.2. The lowest BCUT2D eigenvalue weighted by molar-refractivity contribution is 0.179. The van der Waals surface area contributed by atoms with Crippen LogP contribution in [0, 0.1) is 5.92 Å². The molecule has 4 N–H and O–H groups in total. The van der Waals surface area contributed by atoms with E-state index in [1.165, 1.54) is 6.42 Å². The minimum absolute atomic E-state index is 0.1000. The van der Waals surface area contributed by atoms with Crippen molar-refractivity contribution in [2.45, 2.75) is 64.5 Å². The summed E-state index contributed by atoms with van der Waals surface area (Å²) >= 11 is 0. The van der Waals surface area contributed by atoms with E-state index in [0.29, 0.717) is 12.5 Å². The summed E-state index contributed by atoms with van der Waals surface area (Å²) in [5.74, 6) is 0.641. The third kappa shape index (κ3) is 4.54. The minimum Gasteiger partial charge on any atom is -0.334 e. The zero-order valence-electron chi connectivity index (χ0n) is 11.6. The Labute approximate surface area is 105 Å². The van der Waals surface area contributed by atoms with Crippen LogP contribution in [0.4, 0.5) is 4.79 Å². The van der Waals surface area contributed by atoms with E-state index in [-0.39, 0.29) is 17.1 Å². The van der Waals surface area contributed by atoms with Crippen LogP contribution in [0.1, 0.15) is 53.4 Å². The highest BCUT2D eigenvalue weighted by Crippen LogP contribution is 2.31. The van der Waals surface area contributed by atoms with Crippen molar-refractivity contribution in [2.24, 2.45) is 11.7 Å². The molecule has 1 saturated carbocycles. The lowest BCUT2D eigenvalue weighted by Gasteiger charge is -2.40. The molecule has 0 saturated heterocycles. The predicted molar refractivity (Wildman–Crippen MR) is 70.8 cm³/mol. The van der Waals surface area contributed by atoms with Crippen LogP contribution in [-0.2, 0) is 0 Å². The smallest absolute Gasteiger partial charge is 0.315 e. The van der Waals surface area contributed by atoms with Crippen LogP contribution in [0.25, 0.3) is 0 Å². The highest BCUT2D eigenvalue weighted by Gasteiger charge is 2.35. The van der Waals surface area contributed by atoms with Crippen LogP contribution in [0.5, 0.6) is 0 Å². The van der Waals surface area contributed by atoms with Gasteiger partial charge in [-0.15, -0.1) is 0 Å². The van der Waals surface area contributed by atoms with Crippen molar-refractivity contribution in [1.29, 1.82) is 0 Å². The maximum Gasteiger partial charge on any atom is 0.315 e. The van der Waals surface area contributed by atoms with E-state index in [1.54, 1.807) is 0 Å². The Morgan fingerprint density at radius 2 is 2.12 bits per heavy atom. The van der Waals surface area contributed by atoms with Crippen molar-refractivity contribution in [3.8, 4) is 0 Å². The molecule has 1 fully saturated rings. The minimum atomic E-state index is -0.208. The molecule has 0 spiro atoms. The molecule has 2 unspecified atom stereocenters. The van der Waals surface area contributed by atoms with Gasteiger partial charge in [-0.2, -0.15) is 0 Å². The zero-order chi connectivity index (χ0) is 13.1. The molecule has 2 amide bonds. The maximum absolute atomic E-state index is 11.9. The van der Waals surface area contributed by atoms with Gasteiger partial charge >= 0.3 is 6.03 Å². The molecule has 0 radical (unpaired) electrons. The van der Waals surface area contributed by atoms with Crippen molar-refractivity contribution in [3.63, 3.8) is 0 Å². The summed E-state index contributed by atoms with van der Waals surface area (Å²) in [5, 5.41) is 6.03. The standard InChI is InChI=1S/C13H27N3O/c1-10-6-5-7-13(8-10,9-14)16-11(17)15-12(2,3)4/h10H,5-9,14H2,1-4H3,(H2,15,16,17). The van der Waals surface area contributed by atoms with Gasteiger partial charge in [-0.3, -0.25) is 0 Å². The van der Waals surface area contributed by atoms with Crippen molar-refractivity contribution < 1.29 is 4.79 Å². The second-order valence-electron chi connectivity index (χ2n) is 6.52. The molecule has 4 heteroatoms. The summed E-state index contributed by atoms with van der Waals surface area (Å²) in [7, 11) is 0. The van der Waals surface area contributed by atoms with E-state index >= 15 is 0 Å². The summed E-state index contributed by atoms with van der Waals surface area (Å²) < 4.78 is 0. The molecule has 1 aliphatic carbocycles. The molecule has 4 nitrogen and oxygen atoms in total. The number of nitrogens with two attached hydrogens (primary N) is 1. The van der Waals surface area contributed by atoms with Crippen molar-refractivity contribution in [1.82, 2.24) is 10.6 Å². The Hall–Kier alpha value is -0.770. The van der Waals surface area contributed by atoms with E-state index in [2.05, 4.69) is 17.6 Å². The first kappa shape index (κ1) is 14.3. The fourth-order valence-corrected chi connectivity index (χ4v) is 2.62. The number of urea groups is 1. The summed E-state index contributed by atoms with van der Waals surface area (Å²) in [5.41, 5.74) is 5.46. The molecule has 0 aromatic carbocycles. The van der Waals surface area contributed by atoms with Gasteiger partial charge in [0.25, 0.3) is 0 Å². The molecular weight excluding hydrogens is 214 g/mol. The first-order valence-electron chi connectivity index (χ1n) is 6.57. The summed E-state index contributed by atoms with van der Waals surface area (Å²) in [6, 6.07) is -0.1000. The van der Waals surface area contributed by atoms with Gasteiger partial charge < -0.3 is 16.4 Å². The molecule has 1 rings (SSSR count). The summed E-state index contributed by atoms with van der Waals surface area (Å²) in [6.07, 6.45) is 4.37. The average Bonchev–Trinajstić information content (AvgIpc) is 2.14. The molecule has 100 valence electrons. The normalized spacial score (nSPS) is 29.8. The maximum atomic E-state index is 11.9. The lowest BCUT2D eigenvalue weighted by Crippen LogP contribution is -2.60. The quantitative estimate of drug-likeness (QED) is 0.692. The van der Waals surface area contributed by atoms with Crippen LogP contribution in [0.15, 0.2) is 0 Å². The first-order chi connectivity index (χ1) is 7.76. The molecule has 1 aliphatic rings. The monoisotopic (exact) mass is 241 g/mol. The molecule has 0 bridgehead atoms. The van der Waals surface area contributed by atoms with E-state index in [0.717, 1.165) is 19.3 Å². The number of hydrogen-bond donors (Lipinski definition) is 3. The van der Waals surface area contributed by atoms with Crippen LogP contribution >= 0.6 is 0 Å². The number of nitrogens with one attached hydrogen (secondary N) is 2. The number of carbonyl (C=O) groups is 1. The zero-order valence-corrected chi connectivity index (χ0v) is 11.6. The van der Waals surface area contributed by atoms with E-state index in [9.17, 15) is 4.79 Å². The first-order valence-corrected chi connectivity index (χ1v) is 6.57. The van der Waals surface area contributed by atoms with Gasteiger partial charge in [-0.1, -0.05) is 19.8 Å². The molecule has 0 aliphatic heterocycles. The molecule has 0 aromatic rings. The fraction of sp³-hybridized carbons (Fsp3) is 0.923. The number of amides is 2. The molecule has 0 aromatic heterocycles. The van der Waals surface area contributed by atoms with Gasteiger partial charge in [0, 0.05) is 12.1 Å². The van der Waals surface area contributed by atoms with Crippen LogP contribution < -0.4 is 16.4 Å². The largest absolute Gasteiger partial charge is 0.334 e. The Bertz CT molecular complexity index is 272. The molecule has 2 atom stereocenters. The summed E-state index contributed by atoms with van der Waals surface area (Å²) in [6.45, 7) is 8.68. The third-order valence-corrected chi connectivity index (χ3v) is 3.35. The van der Waals surface area contributed by atoms with Gasteiger partial charge in [0.15, 0.2) is 0 Å². The lowest BCUT2D eigenvalue weighted by atomic mass is 9.76. The number of carbonyl (C=O) groups excluding carboxylic acids is 1. The van der Waals surface area contributed by atoms with E-state index in [4.69, 9.17) is 5.73 Å². The van der Waals surface area contributed by atoms with Crippen LogP contribution in [0.2, 0.25) is 0 Å². The van der Waals surface area contributed by atoms with Crippen molar-refractivity contribution >= 4 is 6.03 Å². The van der Waals surface area contributed by atoms with Gasteiger partial charge in [-0.05, 0) is 39.5 Å². The number of rotatable bonds is 2. The van der Waals surface area contributed by atoms with Gasteiger partial charge in [0.1, 0.15) is 0 Å². The third-order valence-electron chi connectivity index (χ3n) is 3.35. The van der Waals surface area contributed by atoms with Gasteiger partial charge in [0.05, 0.1) is 5.54 Å². The fourth-order valence-electron chi connectivity index (χ4n) is 2.62. The number of hydrogen-bond acceptors (Lipinski definition) is 2. The van der Waals surface area contributed by atoms with Gasteiger partial charge in [-0.25, -0.2) is 4.79 Å². The van der Waals surface area contributed by atoms with Crippen LogP contribution in [0.3, 0.4) is 0 Å². The topological polar surface area (TPSA) is 67.1 Å². The second-order valence-corrected chi connectivity index (χ2v) is 6.52. The SMILES string of the molecule is CC1CCCC(CN)(NC(=O)NC(C)(C)C)C1. The van der Waals surface area contributed by atoms with Crippen molar-refractivity contribution in [2.75, 3.05) is 6.54 Å². The average molecular weight is 241 g/mol. The van der Waals surface area contributed by atoms with Crippen LogP contribution in [-0.4, -0.2) is 23.7 Å². The predicted octanol–water partition coefficient (Wildman–Crippen LogP) is 1.99. The van der Waals surface area contributed by atoms with E-state index < -0.39 is 0 Å². The highest BCUT2D eigenvalue weighted by molar-refractivity contribution is 5.75. The van der Waals surface area contributed by atoms with Crippen molar-refractivity contribution in [3.05, 3.63) is 0 Å². The Balaban J connectivity index is 2.59. The molecular formula is C13H27N3O. The molecule has 17 heavy (non-hydrogen) atoms. The Morgan fingerprint density at radius 1 is 1.47 bits per heavy atom. The summed E-state index contributed by atoms with van der Waals surface area (Å²) in [4.78, 5) is 11.9. The van der Waals surface area contributed by atoms with E-state index in [1.807, 2.05) is 20.8 Å². The second kappa shape index (κ2) is 5.25. The molecule has 0 heterocycles.